The van der Waals surface area contributed by atoms with Crippen LogP contribution in [0.15, 0.2) is 18.2 Å². The number of amides is 1. The number of rotatable bonds is 8. The second kappa shape index (κ2) is 9.85. The predicted molar refractivity (Wildman–Crippen MR) is 124 cm³/mol. The van der Waals surface area contributed by atoms with Gasteiger partial charge in [0.1, 0.15) is 21.7 Å². The van der Waals surface area contributed by atoms with Crippen LogP contribution in [0.1, 0.15) is 23.1 Å². The Labute approximate surface area is 191 Å². The quantitative estimate of drug-likeness (QED) is 0.512. The van der Waals surface area contributed by atoms with Crippen LogP contribution in [0.25, 0.3) is 10.2 Å². The maximum Gasteiger partial charge on any atom is 0.280 e. The molecule has 0 radical (unpaired) electrons. The van der Waals surface area contributed by atoms with E-state index in [1.807, 2.05) is 36.7 Å². The van der Waals surface area contributed by atoms with Crippen molar-refractivity contribution < 1.29 is 19.0 Å². The molecule has 0 aliphatic carbocycles. The minimum atomic E-state index is -0.162. The molecule has 10 heteroatoms. The summed E-state index contributed by atoms with van der Waals surface area (Å²) in [6, 6.07) is 5.52. The van der Waals surface area contributed by atoms with Crippen molar-refractivity contribution in [3.05, 3.63) is 29.6 Å². The Morgan fingerprint density at radius 2 is 1.94 bits per heavy atom. The minimum Gasteiger partial charge on any atom is -0.495 e. The van der Waals surface area contributed by atoms with Crippen LogP contribution in [-0.2, 0) is 11.3 Å². The number of fused-ring (bicyclic) bond motifs is 1. The third kappa shape index (κ3) is 4.43. The number of hydrogen-bond donors (Lipinski definition) is 0. The van der Waals surface area contributed by atoms with Gasteiger partial charge in [-0.25, -0.2) is 4.98 Å². The van der Waals surface area contributed by atoms with E-state index in [2.05, 4.69) is 10.00 Å². The van der Waals surface area contributed by atoms with Crippen molar-refractivity contribution in [3.63, 3.8) is 0 Å². The number of carbonyl (C=O) groups is 1. The molecule has 1 saturated heterocycles. The highest BCUT2D eigenvalue weighted by Gasteiger charge is 2.26. The fourth-order valence-electron chi connectivity index (χ4n) is 3.81. The number of thiazole rings is 1. The summed E-state index contributed by atoms with van der Waals surface area (Å²) in [7, 11) is 3.24. The molecule has 3 aromatic rings. The van der Waals surface area contributed by atoms with E-state index in [0.717, 1.165) is 30.0 Å². The zero-order valence-electron chi connectivity index (χ0n) is 19.0. The van der Waals surface area contributed by atoms with Gasteiger partial charge in [0.05, 0.1) is 27.4 Å². The second-order valence-electron chi connectivity index (χ2n) is 7.54. The standard InChI is InChI=1S/C22H29N5O4S/c1-5-27-15(2)14-16(24-27)21(28)26(9-8-25-10-12-31-13-11-25)22-23-19-17(29-3)6-7-18(30-4)20(19)32-22/h6-7,14H,5,8-13H2,1-4H3. The predicted octanol–water partition coefficient (Wildman–Crippen LogP) is 2.82. The van der Waals surface area contributed by atoms with Gasteiger partial charge in [0, 0.05) is 38.4 Å². The van der Waals surface area contributed by atoms with E-state index in [9.17, 15) is 4.79 Å². The molecular formula is C22H29N5O4S. The van der Waals surface area contributed by atoms with Crippen LogP contribution < -0.4 is 14.4 Å². The Bertz CT molecular complexity index is 1050. The Morgan fingerprint density at radius 1 is 1.22 bits per heavy atom. The maximum absolute atomic E-state index is 13.6. The smallest absolute Gasteiger partial charge is 0.280 e. The van der Waals surface area contributed by atoms with E-state index in [1.165, 1.54) is 11.3 Å². The van der Waals surface area contributed by atoms with Gasteiger partial charge in [-0.2, -0.15) is 5.10 Å². The first kappa shape index (κ1) is 22.5. The zero-order chi connectivity index (χ0) is 22.7. The maximum atomic E-state index is 13.6. The molecule has 0 bridgehead atoms. The molecular weight excluding hydrogens is 430 g/mol. The number of anilines is 1. The molecule has 4 rings (SSSR count). The molecule has 0 atom stereocenters. The van der Waals surface area contributed by atoms with Gasteiger partial charge in [0.15, 0.2) is 10.8 Å². The number of morpholine rings is 1. The third-order valence-electron chi connectivity index (χ3n) is 5.62. The summed E-state index contributed by atoms with van der Waals surface area (Å²) >= 11 is 1.42. The van der Waals surface area contributed by atoms with Gasteiger partial charge in [-0.05, 0) is 32.0 Å². The normalized spacial score (nSPS) is 14.6. The Kier molecular flexibility index (Phi) is 6.92. The van der Waals surface area contributed by atoms with Crippen molar-refractivity contribution in [2.45, 2.75) is 20.4 Å². The number of nitrogens with zero attached hydrogens (tertiary/aromatic N) is 5. The van der Waals surface area contributed by atoms with Crippen molar-refractivity contribution in [2.75, 3.05) is 58.5 Å². The fraction of sp³-hybridized carbons (Fsp3) is 0.500. The van der Waals surface area contributed by atoms with Gasteiger partial charge in [-0.3, -0.25) is 19.3 Å². The number of carbonyl (C=O) groups excluding carboxylic acids is 1. The first-order valence-corrected chi connectivity index (χ1v) is 11.5. The lowest BCUT2D eigenvalue weighted by Gasteiger charge is -2.29. The highest BCUT2D eigenvalue weighted by Crippen LogP contribution is 2.40. The average Bonchev–Trinajstić information content (AvgIpc) is 3.43. The van der Waals surface area contributed by atoms with Crippen LogP contribution in [0.2, 0.25) is 0 Å². The zero-order valence-corrected chi connectivity index (χ0v) is 19.8. The number of benzene rings is 1. The number of hydrogen-bond acceptors (Lipinski definition) is 8. The number of methoxy groups -OCH3 is 2. The number of ether oxygens (including phenoxy) is 3. The lowest BCUT2D eigenvalue weighted by Crippen LogP contribution is -2.43. The molecule has 2 aromatic heterocycles. The summed E-state index contributed by atoms with van der Waals surface area (Å²) in [5.41, 5.74) is 2.06. The number of aromatic nitrogens is 3. The van der Waals surface area contributed by atoms with Crippen molar-refractivity contribution in [3.8, 4) is 11.5 Å². The first-order valence-electron chi connectivity index (χ1n) is 10.7. The van der Waals surface area contributed by atoms with Crippen LogP contribution in [-0.4, -0.2) is 79.2 Å². The summed E-state index contributed by atoms with van der Waals surface area (Å²) in [5.74, 6) is 1.19. The van der Waals surface area contributed by atoms with E-state index in [-0.39, 0.29) is 5.91 Å². The molecule has 172 valence electrons. The van der Waals surface area contributed by atoms with Gasteiger partial charge in [-0.15, -0.1) is 0 Å². The van der Waals surface area contributed by atoms with E-state index >= 15 is 0 Å². The Morgan fingerprint density at radius 3 is 2.59 bits per heavy atom. The highest BCUT2D eigenvalue weighted by atomic mass is 32.1. The molecule has 32 heavy (non-hydrogen) atoms. The molecule has 1 aliphatic rings. The lowest BCUT2D eigenvalue weighted by molar-refractivity contribution is 0.0391. The summed E-state index contributed by atoms with van der Waals surface area (Å²) in [5, 5.41) is 5.11. The second-order valence-corrected chi connectivity index (χ2v) is 8.52. The van der Waals surface area contributed by atoms with Gasteiger partial charge in [0.2, 0.25) is 0 Å². The van der Waals surface area contributed by atoms with Crippen LogP contribution in [0, 0.1) is 6.92 Å². The van der Waals surface area contributed by atoms with E-state index in [1.54, 1.807) is 19.1 Å². The first-order chi connectivity index (χ1) is 15.5. The summed E-state index contributed by atoms with van der Waals surface area (Å²) in [6.45, 7) is 9.04. The molecule has 1 aromatic carbocycles. The van der Waals surface area contributed by atoms with Crippen LogP contribution in [0.4, 0.5) is 5.13 Å². The van der Waals surface area contributed by atoms with Crippen LogP contribution >= 0.6 is 11.3 Å². The Balaban J connectivity index is 1.71. The van der Waals surface area contributed by atoms with Gasteiger partial charge in [-0.1, -0.05) is 11.3 Å². The largest absolute Gasteiger partial charge is 0.495 e. The van der Waals surface area contributed by atoms with E-state index in [4.69, 9.17) is 19.2 Å². The summed E-state index contributed by atoms with van der Waals surface area (Å²) < 4.78 is 19.2. The summed E-state index contributed by atoms with van der Waals surface area (Å²) in [6.07, 6.45) is 0. The van der Waals surface area contributed by atoms with Crippen molar-refractivity contribution in [2.24, 2.45) is 0 Å². The molecule has 3 heterocycles. The van der Waals surface area contributed by atoms with Crippen LogP contribution in [0.5, 0.6) is 11.5 Å². The molecule has 1 amide bonds. The topological polar surface area (TPSA) is 82.0 Å². The van der Waals surface area contributed by atoms with Crippen molar-refractivity contribution in [1.82, 2.24) is 19.7 Å². The van der Waals surface area contributed by atoms with Crippen molar-refractivity contribution >= 4 is 32.6 Å². The molecule has 0 spiro atoms. The van der Waals surface area contributed by atoms with Gasteiger partial charge in [0.25, 0.3) is 5.91 Å². The van der Waals surface area contributed by atoms with E-state index in [0.29, 0.717) is 54.1 Å². The molecule has 9 nitrogen and oxygen atoms in total. The van der Waals surface area contributed by atoms with Crippen LogP contribution in [0.3, 0.4) is 0 Å². The molecule has 0 saturated carbocycles. The molecule has 0 unspecified atom stereocenters. The average molecular weight is 460 g/mol. The molecule has 0 N–H and O–H groups in total. The van der Waals surface area contributed by atoms with Gasteiger partial charge >= 0.3 is 0 Å². The highest BCUT2D eigenvalue weighted by molar-refractivity contribution is 7.22. The Hall–Kier alpha value is -2.69. The molecule has 1 fully saturated rings. The SMILES string of the molecule is CCn1nc(C(=O)N(CCN2CCOCC2)c2nc3c(OC)ccc(OC)c3s2)cc1C. The van der Waals surface area contributed by atoms with E-state index < -0.39 is 0 Å². The lowest BCUT2D eigenvalue weighted by atomic mass is 10.3. The van der Waals surface area contributed by atoms with Gasteiger partial charge < -0.3 is 14.2 Å². The fourth-order valence-corrected chi connectivity index (χ4v) is 4.91. The summed E-state index contributed by atoms with van der Waals surface area (Å²) in [4.78, 5) is 22.4. The third-order valence-corrected chi connectivity index (χ3v) is 6.71. The van der Waals surface area contributed by atoms with Crippen molar-refractivity contribution in [1.29, 1.82) is 0 Å². The number of aryl methyl sites for hydroxylation is 2. The molecule has 1 aliphatic heterocycles. The monoisotopic (exact) mass is 459 g/mol. The minimum absolute atomic E-state index is 0.162.